The maximum Gasteiger partial charge on any atom is 0.394 e. The Hall–Kier alpha value is -3.03. The van der Waals surface area contributed by atoms with Crippen LogP contribution in [0.1, 0.15) is 12.0 Å². The molecule has 13 heteroatoms. The predicted molar refractivity (Wildman–Crippen MR) is 133 cm³/mol. The van der Waals surface area contributed by atoms with Crippen LogP contribution >= 0.6 is 21.6 Å². The number of hydrogen-bond acceptors (Lipinski definition) is 8. The summed E-state index contributed by atoms with van der Waals surface area (Å²) in [5.74, 6) is -2.46. The minimum Gasteiger partial charge on any atom is -0.474 e. The lowest BCUT2D eigenvalue weighted by molar-refractivity contribution is -0.147. The number of carbonyl (C=O) groups excluding carboxylic acids is 4. The van der Waals surface area contributed by atoms with E-state index in [0.717, 1.165) is 17.4 Å². The zero-order valence-corrected chi connectivity index (χ0v) is 20.1. The van der Waals surface area contributed by atoms with Gasteiger partial charge in [0.05, 0.1) is 6.54 Å². The second-order valence-electron chi connectivity index (χ2n) is 6.84. The number of rotatable bonds is 15. The van der Waals surface area contributed by atoms with Crippen LogP contribution in [0, 0.1) is 0 Å². The number of benzene rings is 1. The topological polar surface area (TPSA) is 180 Å². The zero-order valence-electron chi connectivity index (χ0n) is 18.5. The van der Waals surface area contributed by atoms with Crippen LogP contribution in [0.5, 0.6) is 0 Å². The number of aliphatic carboxylic acids is 1. The Morgan fingerprint density at radius 1 is 1.06 bits per heavy atom. The molecule has 1 aromatic carbocycles. The molecule has 11 nitrogen and oxygen atoms in total. The van der Waals surface area contributed by atoms with Crippen LogP contribution in [0.15, 0.2) is 36.9 Å². The summed E-state index contributed by atoms with van der Waals surface area (Å²) in [6.07, 6.45) is 1.62. The Morgan fingerprint density at radius 3 is 2.38 bits per heavy atom. The fourth-order valence-corrected chi connectivity index (χ4v) is 4.60. The molecule has 0 aliphatic heterocycles. The molecule has 0 bridgehead atoms. The van der Waals surface area contributed by atoms with Gasteiger partial charge in [0.2, 0.25) is 17.7 Å². The summed E-state index contributed by atoms with van der Waals surface area (Å²) in [6, 6.07) is 6.38. The lowest BCUT2D eigenvalue weighted by Crippen LogP contribution is -2.44. The van der Waals surface area contributed by atoms with Crippen LogP contribution in [-0.2, 0) is 30.4 Å². The third-order valence-corrected chi connectivity index (χ3v) is 6.61. The summed E-state index contributed by atoms with van der Waals surface area (Å²) < 4.78 is 0. The minimum atomic E-state index is -1.58. The molecule has 0 spiro atoms. The highest BCUT2D eigenvalue weighted by Gasteiger charge is 2.15. The van der Waals surface area contributed by atoms with Crippen molar-refractivity contribution in [3.8, 4) is 0 Å². The Kier molecular flexibility index (Phi) is 14.1. The highest BCUT2D eigenvalue weighted by molar-refractivity contribution is 8.76. The highest BCUT2D eigenvalue weighted by Crippen LogP contribution is 2.22. The van der Waals surface area contributed by atoms with E-state index in [4.69, 9.17) is 10.8 Å². The molecular weight excluding hydrogens is 482 g/mol. The van der Waals surface area contributed by atoms with Crippen molar-refractivity contribution in [1.29, 1.82) is 0 Å². The minimum absolute atomic E-state index is 0.0344. The van der Waals surface area contributed by atoms with Gasteiger partial charge in [0, 0.05) is 42.7 Å². The van der Waals surface area contributed by atoms with Crippen molar-refractivity contribution in [2.45, 2.75) is 18.9 Å². The summed E-state index contributed by atoms with van der Waals surface area (Å²) in [6.45, 7) is 3.79. The van der Waals surface area contributed by atoms with Crippen molar-refractivity contribution in [2.24, 2.45) is 5.73 Å². The monoisotopic (exact) mass is 511 g/mol. The molecule has 0 saturated carbocycles. The number of nitrogens with two attached hydrogens (primary N) is 1. The predicted octanol–water partition coefficient (Wildman–Crippen LogP) is -0.114. The van der Waals surface area contributed by atoms with E-state index in [9.17, 15) is 24.0 Å². The van der Waals surface area contributed by atoms with Crippen molar-refractivity contribution in [2.75, 3.05) is 36.5 Å². The number of carboxylic acids is 1. The summed E-state index contributed by atoms with van der Waals surface area (Å²) >= 11 is 0. The first-order valence-electron chi connectivity index (χ1n) is 10.3. The molecule has 1 aromatic rings. The van der Waals surface area contributed by atoms with Gasteiger partial charge in [0.25, 0.3) is 0 Å². The van der Waals surface area contributed by atoms with Crippen LogP contribution in [0.25, 0.3) is 0 Å². The van der Waals surface area contributed by atoms with Gasteiger partial charge in [-0.3, -0.25) is 19.2 Å². The molecule has 186 valence electrons. The molecule has 0 fully saturated rings. The van der Waals surface area contributed by atoms with Gasteiger partial charge in [-0.05, 0) is 30.2 Å². The summed E-state index contributed by atoms with van der Waals surface area (Å²) in [5, 5.41) is 18.8. The van der Waals surface area contributed by atoms with Crippen molar-refractivity contribution in [3.63, 3.8) is 0 Å². The first kappa shape index (κ1) is 29.0. The number of anilines is 1. The van der Waals surface area contributed by atoms with Crippen molar-refractivity contribution in [3.05, 3.63) is 42.5 Å². The van der Waals surface area contributed by atoms with E-state index in [0.29, 0.717) is 24.4 Å². The van der Waals surface area contributed by atoms with Crippen LogP contribution in [0.2, 0.25) is 0 Å². The second-order valence-corrected chi connectivity index (χ2v) is 9.47. The molecule has 0 aliphatic rings. The molecule has 0 radical (unpaired) electrons. The fourth-order valence-electron chi connectivity index (χ4n) is 2.50. The summed E-state index contributed by atoms with van der Waals surface area (Å²) in [5.41, 5.74) is 6.72. The number of carbonyl (C=O) groups is 5. The molecule has 0 aromatic heterocycles. The largest absolute Gasteiger partial charge is 0.474 e. The third-order valence-electron chi connectivity index (χ3n) is 4.09. The van der Waals surface area contributed by atoms with E-state index in [1.54, 1.807) is 45.9 Å². The Bertz CT molecular complexity index is 866. The van der Waals surface area contributed by atoms with E-state index in [1.807, 2.05) is 0 Å². The van der Waals surface area contributed by atoms with Gasteiger partial charge < -0.3 is 32.1 Å². The Balaban J connectivity index is 2.59. The Labute approximate surface area is 205 Å². The van der Waals surface area contributed by atoms with Crippen LogP contribution in [0.3, 0.4) is 0 Å². The average molecular weight is 512 g/mol. The van der Waals surface area contributed by atoms with Gasteiger partial charge in [-0.15, -0.1) is 0 Å². The number of nitrogens with one attached hydrogen (secondary N) is 4. The van der Waals surface area contributed by atoms with E-state index < -0.39 is 11.9 Å². The molecule has 1 rings (SSSR count). The van der Waals surface area contributed by atoms with Crippen molar-refractivity contribution in [1.82, 2.24) is 16.0 Å². The smallest absolute Gasteiger partial charge is 0.394 e. The van der Waals surface area contributed by atoms with Gasteiger partial charge >= 0.3 is 11.9 Å². The van der Waals surface area contributed by atoms with E-state index >= 15 is 0 Å². The summed E-state index contributed by atoms with van der Waals surface area (Å²) in [4.78, 5) is 57.2. The van der Waals surface area contributed by atoms with Crippen LogP contribution in [0.4, 0.5) is 5.69 Å². The first-order chi connectivity index (χ1) is 16.2. The van der Waals surface area contributed by atoms with Gasteiger partial charge in [-0.2, -0.15) is 0 Å². The molecule has 7 N–H and O–H groups in total. The maximum absolute atomic E-state index is 12.4. The molecule has 0 saturated heterocycles. The first-order valence-corrected chi connectivity index (χ1v) is 12.8. The molecule has 34 heavy (non-hydrogen) atoms. The van der Waals surface area contributed by atoms with E-state index in [-0.39, 0.29) is 43.3 Å². The average Bonchev–Trinajstić information content (AvgIpc) is 2.81. The lowest BCUT2D eigenvalue weighted by Gasteiger charge is -2.19. The van der Waals surface area contributed by atoms with Gasteiger partial charge in [-0.1, -0.05) is 40.3 Å². The van der Waals surface area contributed by atoms with Crippen molar-refractivity contribution < 1.29 is 29.1 Å². The van der Waals surface area contributed by atoms with Gasteiger partial charge in [0.15, 0.2) is 0 Å². The fraction of sp³-hybridized carbons (Fsp3) is 0.381. The Morgan fingerprint density at radius 2 is 1.76 bits per heavy atom. The molecule has 1 unspecified atom stereocenters. The number of hydrogen-bond donors (Lipinski definition) is 6. The SMILES string of the molecule is C=CC(=O)NCCC(=O)NCC(=O)NC(CSSCCN)Cc1ccc(NC(=O)C(=O)O)cc1. The zero-order chi connectivity index (χ0) is 25.3. The summed E-state index contributed by atoms with van der Waals surface area (Å²) in [7, 11) is 3.15. The van der Waals surface area contributed by atoms with Crippen molar-refractivity contribution >= 4 is 56.9 Å². The van der Waals surface area contributed by atoms with E-state index in [1.165, 1.54) is 0 Å². The maximum atomic E-state index is 12.4. The van der Waals surface area contributed by atoms with Crippen LogP contribution < -0.4 is 27.0 Å². The van der Waals surface area contributed by atoms with Crippen LogP contribution in [-0.4, -0.2) is 71.9 Å². The number of amides is 4. The molecule has 0 heterocycles. The quantitative estimate of drug-likeness (QED) is 0.0810. The molecule has 1 atom stereocenters. The third kappa shape index (κ3) is 12.9. The van der Waals surface area contributed by atoms with Gasteiger partial charge in [-0.25, -0.2) is 4.79 Å². The lowest BCUT2D eigenvalue weighted by atomic mass is 10.1. The standard InChI is InChI=1S/C21H29N5O6S2/c1-2-17(27)23-9-7-18(28)24-12-19(29)25-16(13-34-33-10-8-22)11-14-3-5-15(6-4-14)26-20(30)21(31)32/h2-6,16H,1,7-13,22H2,(H,23,27)(H,24,28)(H,25,29)(H,26,30)(H,31,32). The normalized spacial score (nSPS) is 11.1. The second kappa shape index (κ2) is 16.6. The number of carboxylic acid groups (broad SMARTS) is 1. The highest BCUT2D eigenvalue weighted by atomic mass is 33.1. The molecule has 4 amide bonds. The van der Waals surface area contributed by atoms with Gasteiger partial charge in [0.1, 0.15) is 0 Å². The molecular formula is C21H29N5O6S2. The molecule has 0 aliphatic carbocycles. The van der Waals surface area contributed by atoms with E-state index in [2.05, 4.69) is 27.8 Å².